The van der Waals surface area contributed by atoms with E-state index in [0.29, 0.717) is 6.42 Å². The zero-order valence-electron chi connectivity index (χ0n) is 14.2. The van der Waals surface area contributed by atoms with Crippen LogP contribution < -0.4 is 0 Å². The van der Waals surface area contributed by atoms with Gasteiger partial charge in [0.2, 0.25) is 0 Å². The lowest BCUT2D eigenvalue weighted by atomic mass is 10.1. The predicted molar refractivity (Wildman–Crippen MR) is 101 cm³/mol. The highest BCUT2D eigenvalue weighted by Gasteiger charge is 2.09. The van der Waals surface area contributed by atoms with E-state index in [1.165, 1.54) is 12.5 Å². The maximum Gasteiger partial charge on any atom is 0.0980 e. The van der Waals surface area contributed by atoms with E-state index in [9.17, 15) is 10.2 Å². The molecule has 0 aliphatic heterocycles. The topological polar surface area (TPSA) is 40.5 Å². The van der Waals surface area contributed by atoms with E-state index in [2.05, 4.69) is 49.6 Å². The van der Waals surface area contributed by atoms with Gasteiger partial charge >= 0.3 is 0 Å². The molecule has 23 heavy (non-hydrogen) atoms. The maximum atomic E-state index is 9.51. The van der Waals surface area contributed by atoms with E-state index in [-0.39, 0.29) is 0 Å². The SMILES string of the molecule is C=CCCC/C=C\C/C=C\C/C=C\C/C=C\C[C@@H](O)[C@@H](O)C=C. The van der Waals surface area contributed by atoms with Gasteiger partial charge in [0, 0.05) is 0 Å². The van der Waals surface area contributed by atoms with Crippen molar-refractivity contribution in [2.45, 2.75) is 57.2 Å². The van der Waals surface area contributed by atoms with Crippen LogP contribution >= 0.6 is 0 Å². The summed E-state index contributed by atoms with van der Waals surface area (Å²) in [4.78, 5) is 0. The molecule has 0 saturated carbocycles. The van der Waals surface area contributed by atoms with Gasteiger partial charge in [-0.25, -0.2) is 0 Å². The average molecular weight is 316 g/mol. The van der Waals surface area contributed by atoms with Crippen molar-refractivity contribution in [3.8, 4) is 0 Å². The van der Waals surface area contributed by atoms with Gasteiger partial charge in [0.25, 0.3) is 0 Å². The van der Waals surface area contributed by atoms with Crippen molar-refractivity contribution in [1.82, 2.24) is 0 Å². The standard InChI is InChI=1S/C21H32O2/c1-3-5-6-7-8-9-10-11-12-13-14-15-16-17-18-19-21(23)20(22)4-2/h3-4,8-9,11-12,14-15,17-18,20-23H,1-2,5-7,10,13,16,19H2/b9-8-,12-11-,15-14-,18-17-/t20-,21+/m0/s1. The zero-order valence-corrected chi connectivity index (χ0v) is 14.2. The summed E-state index contributed by atoms with van der Waals surface area (Å²) in [6.07, 6.45) is 25.2. The van der Waals surface area contributed by atoms with Crippen LogP contribution in [0.1, 0.15) is 44.9 Å². The molecule has 0 fully saturated rings. The van der Waals surface area contributed by atoms with E-state index < -0.39 is 12.2 Å². The Balaban J connectivity index is 3.58. The molecular weight excluding hydrogens is 284 g/mol. The molecular formula is C21H32O2. The van der Waals surface area contributed by atoms with Crippen molar-refractivity contribution in [3.63, 3.8) is 0 Å². The summed E-state index contributed by atoms with van der Waals surface area (Å²) in [6.45, 7) is 7.15. The molecule has 2 N–H and O–H groups in total. The molecule has 2 nitrogen and oxygen atoms in total. The average Bonchev–Trinajstić information content (AvgIpc) is 2.57. The lowest BCUT2D eigenvalue weighted by molar-refractivity contribution is 0.0513. The summed E-state index contributed by atoms with van der Waals surface area (Å²) >= 11 is 0. The Kier molecular flexibility index (Phi) is 15.5. The molecule has 0 saturated heterocycles. The molecule has 0 spiro atoms. The minimum Gasteiger partial charge on any atom is -0.390 e. The van der Waals surface area contributed by atoms with Crippen LogP contribution in [0, 0.1) is 0 Å². The fraction of sp³-hybridized carbons (Fsp3) is 0.429. The van der Waals surface area contributed by atoms with Crippen molar-refractivity contribution in [2.75, 3.05) is 0 Å². The van der Waals surface area contributed by atoms with Crippen LogP contribution in [-0.2, 0) is 0 Å². The first-order chi connectivity index (χ1) is 11.2. The lowest BCUT2D eigenvalue weighted by Gasteiger charge is -2.10. The minimum absolute atomic E-state index is 0.445. The third-order valence-electron chi connectivity index (χ3n) is 3.28. The number of allylic oxidation sites excluding steroid dienone is 8. The number of unbranched alkanes of at least 4 members (excludes halogenated alkanes) is 2. The molecule has 0 bridgehead atoms. The predicted octanol–water partition coefficient (Wildman–Crippen LogP) is 5.04. The van der Waals surface area contributed by atoms with E-state index >= 15 is 0 Å². The minimum atomic E-state index is -0.851. The first-order valence-corrected chi connectivity index (χ1v) is 8.42. The molecule has 2 heteroatoms. The van der Waals surface area contributed by atoms with Crippen LogP contribution in [0.15, 0.2) is 73.9 Å². The monoisotopic (exact) mass is 316 g/mol. The van der Waals surface area contributed by atoms with E-state index in [1.807, 2.05) is 18.2 Å². The molecule has 0 aromatic carbocycles. The van der Waals surface area contributed by atoms with Crippen LogP contribution in [0.25, 0.3) is 0 Å². The van der Waals surface area contributed by atoms with Gasteiger partial charge in [-0.15, -0.1) is 13.2 Å². The quantitative estimate of drug-likeness (QED) is 0.348. The van der Waals surface area contributed by atoms with Crippen LogP contribution in [0.5, 0.6) is 0 Å². The zero-order chi connectivity index (χ0) is 17.2. The number of aliphatic hydroxyl groups excluding tert-OH is 2. The molecule has 0 aromatic heterocycles. The Morgan fingerprint density at radius 2 is 1.22 bits per heavy atom. The molecule has 0 amide bonds. The first kappa shape index (κ1) is 21.4. The largest absolute Gasteiger partial charge is 0.390 e. The first-order valence-electron chi connectivity index (χ1n) is 8.42. The highest BCUT2D eigenvalue weighted by Crippen LogP contribution is 2.02. The Hall–Kier alpha value is -1.64. The molecule has 0 aromatic rings. The summed E-state index contributed by atoms with van der Waals surface area (Å²) in [7, 11) is 0. The molecule has 0 aliphatic rings. The van der Waals surface area contributed by atoms with Gasteiger partial charge in [0.05, 0.1) is 12.2 Å². The van der Waals surface area contributed by atoms with Gasteiger partial charge in [0.15, 0.2) is 0 Å². The number of aliphatic hydroxyl groups is 2. The van der Waals surface area contributed by atoms with Crippen molar-refractivity contribution in [2.24, 2.45) is 0 Å². The second-order valence-electron chi connectivity index (χ2n) is 5.34. The Labute approximate surface area is 141 Å². The Morgan fingerprint density at radius 3 is 1.74 bits per heavy atom. The molecule has 0 heterocycles. The second kappa shape index (κ2) is 16.7. The molecule has 0 radical (unpaired) electrons. The Morgan fingerprint density at radius 1 is 0.696 bits per heavy atom. The molecule has 128 valence electrons. The van der Waals surface area contributed by atoms with Crippen molar-refractivity contribution >= 4 is 0 Å². The summed E-state index contributed by atoms with van der Waals surface area (Å²) in [5, 5.41) is 18.8. The third-order valence-corrected chi connectivity index (χ3v) is 3.28. The van der Waals surface area contributed by atoms with Gasteiger partial charge in [-0.05, 0) is 44.9 Å². The normalized spacial score (nSPS) is 15.0. The Bertz CT molecular complexity index is 402. The van der Waals surface area contributed by atoms with Gasteiger partial charge in [0.1, 0.15) is 0 Å². The van der Waals surface area contributed by atoms with Crippen molar-refractivity contribution < 1.29 is 10.2 Å². The van der Waals surface area contributed by atoms with Crippen LogP contribution in [0.4, 0.5) is 0 Å². The van der Waals surface area contributed by atoms with Crippen molar-refractivity contribution in [3.05, 3.63) is 73.9 Å². The summed E-state index contributed by atoms with van der Waals surface area (Å²) in [5.74, 6) is 0. The smallest absolute Gasteiger partial charge is 0.0980 e. The van der Waals surface area contributed by atoms with Gasteiger partial charge in [-0.1, -0.05) is 60.8 Å². The number of rotatable bonds is 14. The van der Waals surface area contributed by atoms with Crippen molar-refractivity contribution in [1.29, 1.82) is 0 Å². The van der Waals surface area contributed by atoms with Crippen LogP contribution in [0.2, 0.25) is 0 Å². The summed E-state index contributed by atoms with van der Waals surface area (Å²) in [6, 6.07) is 0. The molecule has 2 atom stereocenters. The fourth-order valence-electron chi connectivity index (χ4n) is 1.84. The lowest BCUT2D eigenvalue weighted by Crippen LogP contribution is -2.22. The fourth-order valence-corrected chi connectivity index (χ4v) is 1.84. The van der Waals surface area contributed by atoms with Crippen LogP contribution in [-0.4, -0.2) is 22.4 Å². The summed E-state index contributed by atoms with van der Waals surface area (Å²) in [5.41, 5.74) is 0. The molecule has 0 aliphatic carbocycles. The van der Waals surface area contributed by atoms with E-state index in [4.69, 9.17) is 0 Å². The molecule has 0 unspecified atom stereocenters. The van der Waals surface area contributed by atoms with Gasteiger partial charge in [-0.2, -0.15) is 0 Å². The third kappa shape index (κ3) is 15.0. The highest BCUT2D eigenvalue weighted by atomic mass is 16.3. The number of hydrogen-bond donors (Lipinski definition) is 2. The maximum absolute atomic E-state index is 9.51. The van der Waals surface area contributed by atoms with E-state index in [0.717, 1.165) is 32.1 Å². The second-order valence-corrected chi connectivity index (χ2v) is 5.34. The summed E-state index contributed by atoms with van der Waals surface area (Å²) < 4.78 is 0. The van der Waals surface area contributed by atoms with Gasteiger partial charge < -0.3 is 10.2 Å². The van der Waals surface area contributed by atoms with Gasteiger partial charge in [-0.3, -0.25) is 0 Å². The van der Waals surface area contributed by atoms with E-state index in [1.54, 1.807) is 0 Å². The number of hydrogen-bond acceptors (Lipinski definition) is 2. The molecule has 0 rings (SSSR count). The highest BCUT2D eigenvalue weighted by molar-refractivity contribution is 5.00. The van der Waals surface area contributed by atoms with Crippen LogP contribution in [0.3, 0.4) is 0 Å².